The molecule has 2 saturated heterocycles. The van der Waals surface area contributed by atoms with Crippen LogP contribution < -0.4 is 0 Å². The van der Waals surface area contributed by atoms with E-state index >= 15 is 0 Å². The van der Waals surface area contributed by atoms with Gasteiger partial charge in [-0.2, -0.15) is 0 Å². The fourth-order valence-electron chi connectivity index (χ4n) is 3.09. The number of hydroxylamine groups is 2. The van der Waals surface area contributed by atoms with E-state index in [2.05, 4.69) is 0 Å². The first-order chi connectivity index (χ1) is 10.5. The number of carbonyl (C=O) groups is 2. The quantitative estimate of drug-likeness (QED) is 0.857. The summed E-state index contributed by atoms with van der Waals surface area (Å²) >= 11 is 5.83. The summed E-state index contributed by atoms with van der Waals surface area (Å²) in [5, 5.41) is 2.12. The van der Waals surface area contributed by atoms with E-state index in [-0.39, 0.29) is 11.8 Å². The topological polar surface area (TPSA) is 49.9 Å². The Labute approximate surface area is 133 Å². The van der Waals surface area contributed by atoms with Crippen molar-refractivity contribution in [2.24, 2.45) is 5.92 Å². The van der Waals surface area contributed by atoms with Gasteiger partial charge in [-0.25, -0.2) is 5.06 Å². The highest BCUT2D eigenvalue weighted by atomic mass is 35.5. The minimum atomic E-state index is -0.492. The normalized spacial score (nSPS) is 23.0. The Balaban J connectivity index is 1.38. The van der Waals surface area contributed by atoms with E-state index in [9.17, 15) is 9.59 Å². The smallest absolute Gasteiger partial charge is 0.254 e. The second-order valence-corrected chi connectivity index (χ2v) is 6.95. The van der Waals surface area contributed by atoms with Crippen molar-refractivity contribution in [3.63, 3.8) is 0 Å². The first-order valence-corrected chi connectivity index (χ1v) is 7.97. The largest absolute Gasteiger partial charge is 0.332 e. The van der Waals surface area contributed by atoms with Gasteiger partial charge in [-0.3, -0.25) is 14.4 Å². The number of rotatable bonds is 3. The molecule has 0 N–H and O–H groups in total. The minimum Gasteiger partial charge on any atom is -0.332 e. The van der Waals surface area contributed by atoms with Gasteiger partial charge >= 0.3 is 0 Å². The van der Waals surface area contributed by atoms with Crippen LogP contribution in [0.5, 0.6) is 0 Å². The third-order valence-electron chi connectivity index (χ3n) is 4.51. The molecule has 22 heavy (non-hydrogen) atoms. The number of likely N-dealkylation sites (tertiary alicyclic amines) is 1. The SMILES string of the molecule is O=C(c1ccc(Cl)cc1)N1CC2(CC(=O)N(CC3CC3)O2)C1. The van der Waals surface area contributed by atoms with E-state index in [0.29, 0.717) is 42.6 Å². The maximum Gasteiger partial charge on any atom is 0.254 e. The van der Waals surface area contributed by atoms with Crippen LogP contribution in [0.3, 0.4) is 0 Å². The lowest BCUT2D eigenvalue weighted by atomic mass is 9.90. The summed E-state index contributed by atoms with van der Waals surface area (Å²) in [6.07, 6.45) is 2.74. The van der Waals surface area contributed by atoms with E-state index < -0.39 is 5.60 Å². The number of amides is 2. The number of halogens is 1. The molecule has 2 amide bonds. The average Bonchev–Trinajstić information content (AvgIpc) is 3.21. The molecule has 1 aromatic rings. The molecule has 6 heteroatoms. The third-order valence-corrected chi connectivity index (χ3v) is 4.76. The Morgan fingerprint density at radius 1 is 1.27 bits per heavy atom. The fourth-order valence-corrected chi connectivity index (χ4v) is 3.22. The lowest BCUT2D eigenvalue weighted by Gasteiger charge is -2.45. The van der Waals surface area contributed by atoms with Crippen molar-refractivity contribution in [3.05, 3.63) is 34.9 Å². The lowest BCUT2D eigenvalue weighted by Crippen LogP contribution is -2.63. The van der Waals surface area contributed by atoms with E-state index in [1.54, 1.807) is 29.2 Å². The van der Waals surface area contributed by atoms with Gasteiger partial charge in [0.15, 0.2) is 0 Å². The first kappa shape index (κ1) is 14.0. The van der Waals surface area contributed by atoms with Crippen LogP contribution in [0.2, 0.25) is 5.02 Å². The predicted molar refractivity (Wildman–Crippen MR) is 80.2 cm³/mol. The molecule has 0 aromatic heterocycles. The number of carbonyl (C=O) groups excluding carboxylic acids is 2. The van der Waals surface area contributed by atoms with E-state index in [0.717, 1.165) is 0 Å². The summed E-state index contributed by atoms with van der Waals surface area (Å²) in [7, 11) is 0. The molecule has 0 atom stereocenters. The summed E-state index contributed by atoms with van der Waals surface area (Å²) < 4.78 is 0. The van der Waals surface area contributed by atoms with Crippen molar-refractivity contribution in [1.29, 1.82) is 0 Å². The van der Waals surface area contributed by atoms with Crippen LogP contribution in [0.15, 0.2) is 24.3 Å². The minimum absolute atomic E-state index is 0.0426. The Bertz CT molecular complexity index is 621. The van der Waals surface area contributed by atoms with Crippen LogP contribution >= 0.6 is 11.6 Å². The molecule has 1 saturated carbocycles. The molecule has 3 aliphatic rings. The first-order valence-electron chi connectivity index (χ1n) is 7.59. The highest BCUT2D eigenvalue weighted by Crippen LogP contribution is 2.39. The van der Waals surface area contributed by atoms with Crippen molar-refractivity contribution in [2.75, 3.05) is 19.6 Å². The van der Waals surface area contributed by atoms with Gasteiger partial charge in [0.05, 0.1) is 26.1 Å². The molecule has 2 heterocycles. The molecule has 1 aromatic carbocycles. The zero-order chi connectivity index (χ0) is 15.3. The van der Waals surface area contributed by atoms with Gasteiger partial charge in [0.2, 0.25) is 5.91 Å². The van der Waals surface area contributed by atoms with Gasteiger partial charge in [0.1, 0.15) is 5.60 Å². The number of hydrogen-bond acceptors (Lipinski definition) is 3. The second kappa shape index (κ2) is 4.96. The Kier molecular flexibility index (Phi) is 3.16. The Morgan fingerprint density at radius 3 is 2.59 bits per heavy atom. The summed E-state index contributed by atoms with van der Waals surface area (Å²) in [4.78, 5) is 31.9. The van der Waals surface area contributed by atoms with Crippen LogP contribution in [0.25, 0.3) is 0 Å². The van der Waals surface area contributed by atoms with Crippen LogP contribution in [0.4, 0.5) is 0 Å². The molecule has 1 spiro atoms. The van der Waals surface area contributed by atoms with Gasteiger partial charge in [-0.15, -0.1) is 0 Å². The van der Waals surface area contributed by atoms with E-state index in [1.165, 1.54) is 17.9 Å². The molecule has 0 unspecified atom stereocenters. The molecule has 0 radical (unpaired) electrons. The number of nitrogens with zero attached hydrogens (tertiary/aromatic N) is 2. The Hall–Kier alpha value is -1.59. The summed E-state index contributed by atoms with van der Waals surface area (Å²) in [6, 6.07) is 6.85. The highest BCUT2D eigenvalue weighted by molar-refractivity contribution is 6.30. The molecule has 0 bridgehead atoms. The van der Waals surface area contributed by atoms with Crippen molar-refractivity contribution in [2.45, 2.75) is 24.9 Å². The van der Waals surface area contributed by atoms with Crippen molar-refractivity contribution in [3.8, 4) is 0 Å². The zero-order valence-corrected chi connectivity index (χ0v) is 12.9. The predicted octanol–water partition coefficient (Wildman–Crippen LogP) is 2.11. The van der Waals surface area contributed by atoms with Crippen LogP contribution in [-0.2, 0) is 9.63 Å². The van der Waals surface area contributed by atoms with E-state index in [4.69, 9.17) is 16.4 Å². The summed E-state index contributed by atoms with van der Waals surface area (Å²) in [5.74, 6) is 0.607. The van der Waals surface area contributed by atoms with E-state index in [1.807, 2.05) is 0 Å². The van der Waals surface area contributed by atoms with Gasteiger partial charge in [-0.05, 0) is 43.0 Å². The number of benzene rings is 1. The summed E-state index contributed by atoms with van der Waals surface area (Å²) in [6.45, 7) is 1.65. The monoisotopic (exact) mass is 320 g/mol. The molecule has 116 valence electrons. The lowest BCUT2D eigenvalue weighted by molar-refractivity contribution is -0.230. The standard InChI is InChI=1S/C16H17ClN2O3/c17-13-5-3-12(4-6-13)15(21)18-9-16(10-18)7-14(20)19(22-16)8-11-1-2-11/h3-6,11H,1-2,7-10H2. The molecular weight excluding hydrogens is 304 g/mol. The highest BCUT2D eigenvalue weighted by Gasteiger charge is 2.55. The maximum atomic E-state index is 12.4. The molecule has 3 fully saturated rings. The number of hydrogen-bond donors (Lipinski definition) is 0. The zero-order valence-electron chi connectivity index (χ0n) is 12.1. The van der Waals surface area contributed by atoms with Gasteiger partial charge in [-0.1, -0.05) is 11.6 Å². The average molecular weight is 321 g/mol. The molecule has 5 nitrogen and oxygen atoms in total. The van der Waals surface area contributed by atoms with Crippen molar-refractivity contribution < 1.29 is 14.4 Å². The molecule has 2 aliphatic heterocycles. The Morgan fingerprint density at radius 2 is 1.95 bits per heavy atom. The molecular formula is C16H17ClN2O3. The molecule has 1 aliphatic carbocycles. The van der Waals surface area contributed by atoms with Crippen molar-refractivity contribution in [1.82, 2.24) is 9.96 Å². The summed E-state index contributed by atoms with van der Waals surface area (Å²) in [5.41, 5.74) is 0.118. The van der Waals surface area contributed by atoms with Crippen LogP contribution in [0.1, 0.15) is 29.6 Å². The van der Waals surface area contributed by atoms with Gasteiger partial charge < -0.3 is 4.90 Å². The second-order valence-electron chi connectivity index (χ2n) is 6.52. The maximum absolute atomic E-state index is 12.4. The third kappa shape index (κ3) is 2.48. The van der Waals surface area contributed by atoms with Gasteiger partial charge in [0, 0.05) is 10.6 Å². The fraction of sp³-hybridized carbons (Fsp3) is 0.500. The van der Waals surface area contributed by atoms with Crippen LogP contribution in [0, 0.1) is 5.92 Å². The van der Waals surface area contributed by atoms with Gasteiger partial charge in [0.25, 0.3) is 5.91 Å². The van der Waals surface area contributed by atoms with Crippen molar-refractivity contribution >= 4 is 23.4 Å². The van der Waals surface area contributed by atoms with Crippen LogP contribution in [-0.4, -0.2) is 47.0 Å². The molecule has 4 rings (SSSR count).